The maximum atomic E-state index is 12.2. The van der Waals surface area contributed by atoms with Crippen molar-refractivity contribution in [3.63, 3.8) is 0 Å². The van der Waals surface area contributed by atoms with Gasteiger partial charge in [-0.05, 0) is 12.8 Å². The van der Waals surface area contributed by atoms with Crippen molar-refractivity contribution < 1.29 is 9.59 Å². The predicted octanol–water partition coefficient (Wildman–Crippen LogP) is 1.71. The van der Waals surface area contributed by atoms with Crippen LogP contribution in [0.2, 0.25) is 0 Å². The summed E-state index contributed by atoms with van der Waals surface area (Å²) in [5.74, 6) is -0.356. The molecule has 1 aromatic rings. The summed E-state index contributed by atoms with van der Waals surface area (Å²) in [5, 5.41) is 0. The Kier molecular flexibility index (Phi) is 2.88. The van der Waals surface area contributed by atoms with E-state index in [4.69, 9.17) is 5.73 Å². The zero-order chi connectivity index (χ0) is 11.6. The molecule has 1 atom stereocenters. The van der Waals surface area contributed by atoms with Crippen molar-refractivity contribution in [3.8, 4) is 0 Å². The number of benzene rings is 1. The third kappa shape index (κ3) is 1.78. The van der Waals surface area contributed by atoms with Crippen LogP contribution < -0.4 is 5.73 Å². The zero-order valence-corrected chi connectivity index (χ0v) is 9.11. The fourth-order valence-electron chi connectivity index (χ4n) is 2.14. The summed E-state index contributed by atoms with van der Waals surface area (Å²) in [6, 6.07) is 8.81. The Morgan fingerprint density at radius 2 is 1.88 bits per heavy atom. The van der Waals surface area contributed by atoms with E-state index in [9.17, 15) is 9.59 Å². The van der Waals surface area contributed by atoms with Crippen LogP contribution in [0.3, 0.4) is 0 Å². The SMILES string of the molecule is NC1(C(=O)c2ccccc2)CCCCC1=O. The van der Waals surface area contributed by atoms with Gasteiger partial charge in [-0.15, -0.1) is 0 Å². The lowest BCUT2D eigenvalue weighted by Gasteiger charge is -2.30. The molecule has 0 aromatic heterocycles. The molecule has 0 bridgehead atoms. The molecular weight excluding hydrogens is 202 g/mol. The number of carbonyl (C=O) groups excluding carboxylic acids is 2. The molecule has 3 heteroatoms. The Morgan fingerprint density at radius 3 is 2.50 bits per heavy atom. The van der Waals surface area contributed by atoms with Gasteiger partial charge in [0.05, 0.1) is 0 Å². The highest BCUT2D eigenvalue weighted by molar-refractivity contribution is 6.18. The van der Waals surface area contributed by atoms with Crippen molar-refractivity contribution in [1.29, 1.82) is 0 Å². The number of Topliss-reactive ketones (excluding diaryl/α,β-unsaturated/α-hetero) is 2. The van der Waals surface area contributed by atoms with Gasteiger partial charge in [-0.3, -0.25) is 9.59 Å². The van der Waals surface area contributed by atoms with Gasteiger partial charge in [0.1, 0.15) is 5.54 Å². The van der Waals surface area contributed by atoms with Crippen LogP contribution in [0.15, 0.2) is 30.3 Å². The van der Waals surface area contributed by atoms with Crippen LogP contribution in [-0.4, -0.2) is 17.1 Å². The third-order valence-corrected chi connectivity index (χ3v) is 3.16. The molecule has 1 saturated carbocycles. The maximum absolute atomic E-state index is 12.2. The van der Waals surface area contributed by atoms with Crippen LogP contribution in [0, 0.1) is 0 Å². The van der Waals surface area contributed by atoms with E-state index < -0.39 is 5.54 Å². The number of hydrogen-bond donors (Lipinski definition) is 1. The van der Waals surface area contributed by atoms with Crippen molar-refractivity contribution in [2.45, 2.75) is 31.2 Å². The van der Waals surface area contributed by atoms with Crippen molar-refractivity contribution in [1.82, 2.24) is 0 Å². The van der Waals surface area contributed by atoms with Gasteiger partial charge in [0.15, 0.2) is 11.6 Å². The van der Waals surface area contributed by atoms with E-state index in [2.05, 4.69) is 0 Å². The highest BCUT2D eigenvalue weighted by Crippen LogP contribution is 2.26. The molecule has 3 nitrogen and oxygen atoms in total. The van der Waals surface area contributed by atoms with Gasteiger partial charge in [-0.2, -0.15) is 0 Å². The maximum Gasteiger partial charge on any atom is 0.190 e. The van der Waals surface area contributed by atoms with Gasteiger partial charge in [-0.1, -0.05) is 36.8 Å². The molecule has 1 aliphatic carbocycles. The van der Waals surface area contributed by atoms with E-state index in [1.165, 1.54) is 0 Å². The Hall–Kier alpha value is -1.48. The molecule has 0 amide bonds. The highest BCUT2D eigenvalue weighted by Gasteiger charge is 2.42. The Labute approximate surface area is 94.6 Å². The minimum atomic E-state index is -1.28. The molecule has 1 aliphatic rings. The van der Waals surface area contributed by atoms with E-state index in [-0.39, 0.29) is 11.6 Å². The van der Waals surface area contributed by atoms with Crippen LogP contribution in [0.5, 0.6) is 0 Å². The van der Waals surface area contributed by atoms with Gasteiger partial charge >= 0.3 is 0 Å². The van der Waals surface area contributed by atoms with E-state index in [1.807, 2.05) is 6.07 Å². The summed E-state index contributed by atoms with van der Waals surface area (Å²) < 4.78 is 0. The van der Waals surface area contributed by atoms with E-state index in [0.29, 0.717) is 18.4 Å². The minimum Gasteiger partial charge on any atom is -0.312 e. The fraction of sp³-hybridized carbons (Fsp3) is 0.385. The first kappa shape index (κ1) is 11.0. The summed E-state index contributed by atoms with van der Waals surface area (Å²) in [6.45, 7) is 0. The number of nitrogens with two attached hydrogens (primary N) is 1. The monoisotopic (exact) mass is 217 g/mol. The average Bonchev–Trinajstić information content (AvgIpc) is 2.33. The molecule has 1 fully saturated rings. The normalized spacial score (nSPS) is 25.4. The molecule has 16 heavy (non-hydrogen) atoms. The number of carbonyl (C=O) groups is 2. The minimum absolute atomic E-state index is 0.118. The summed E-state index contributed by atoms with van der Waals surface area (Å²) in [6.07, 6.45) is 2.59. The molecule has 84 valence electrons. The van der Waals surface area contributed by atoms with Gasteiger partial charge in [0, 0.05) is 12.0 Å². The van der Waals surface area contributed by atoms with E-state index >= 15 is 0 Å². The first-order valence-corrected chi connectivity index (χ1v) is 5.56. The quantitative estimate of drug-likeness (QED) is 0.606. The predicted molar refractivity (Wildman–Crippen MR) is 61.2 cm³/mol. The van der Waals surface area contributed by atoms with Crippen LogP contribution in [-0.2, 0) is 4.79 Å². The lowest BCUT2D eigenvalue weighted by Crippen LogP contribution is -2.56. The number of ketones is 2. The Bertz CT molecular complexity index is 413. The van der Waals surface area contributed by atoms with Gasteiger partial charge < -0.3 is 5.73 Å². The van der Waals surface area contributed by atoms with E-state index in [0.717, 1.165) is 12.8 Å². The zero-order valence-electron chi connectivity index (χ0n) is 9.11. The lowest BCUT2D eigenvalue weighted by atomic mass is 9.76. The lowest BCUT2D eigenvalue weighted by molar-refractivity contribution is -0.124. The second-order valence-electron chi connectivity index (χ2n) is 4.30. The van der Waals surface area contributed by atoms with Crippen molar-refractivity contribution in [2.24, 2.45) is 5.73 Å². The molecule has 2 N–H and O–H groups in total. The molecule has 1 unspecified atom stereocenters. The largest absolute Gasteiger partial charge is 0.312 e. The average molecular weight is 217 g/mol. The van der Waals surface area contributed by atoms with Gasteiger partial charge in [0.2, 0.25) is 0 Å². The molecule has 2 rings (SSSR count). The fourth-order valence-corrected chi connectivity index (χ4v) is 2.14. The van der Waals surface area contributed by atoms with Crippen LogP contribution in [0.1, 0.15) is 36.0 Å². The highest BCUT2D eigenvalue weighted by atomic mass is 16.2. The van der Waals surface area contributed by atoms with Crippen LogP contribution >= 0.6 is 0 Å². The standard InChI is InChI=1S/C13H15NO2/c14-13(9-5-4-8-11(13)15)12(16)10-6-2-1-3-7-10/h1-3,6-7H,4-5,8-9,14H2. The number of rotatable bonds is 2. The van der Waals surface area contributed by atoms with Gasteiger partial charge in [0.25, 0.3) is 0 Å². The van der Waals surface area contributed by atoms with Crippen LogP contribution in [0.4, 0.5) is 0 Å². The van der Waals surface area contributed by atoms with E-state index in [1.54, 1.807) is 24.3 Å². The van der Waals surface area contributed by atoms with Crippen LogP contribution in [0.25, 0.3) is 0 Å². The summed E-state index contributed by atoms with van der Waals surface area (Å²) >= 11 is 0. The van der Waals surface area contributed by atoms with Crippen molar-refractivity contribution in [2.75, 3.05) is 0 Å². The number of hydrogen-bond acceptors (Lipinski definition) is 3. The molecular formula is C13H15NO2. The summed E-state index contributed by atoms with van der Waals surface area (Å²) in [7, 11) is 0. The third-order valence-electron chi connectivity index (χ3n) is 3.16. The smallest absolute Gasteiger partial charge is 0.190 e. The molecule has 0 heterocycles. The molecule has 1 aromatic carbocycles. The second kappa shape index (κ2) is 4.18. The second-order valence-corrected chi connectivity index (χ2v) is 4.30. The molecule has 0 radical (unpaired) electrons. The van der Waals surface area contributed by atoms with Crippen molar-refractivity contribution >= 4 is 11.6 Å². The Morgan fingerprint density at radius 1 is 1.19 bits per heavy atom. The molecule has 0 aliphatic heterocycles. The first-order valence-electron chi connectivity index (χ1n) is 5.56. The first-order chi connectivity index (χ1) is 7.64. The summed E-state index contributed by atoms with van der Waals surface area (Å²) in [5.41, 5.74) is 5.23. The van der Waals surface area contributed by atoms with Crippen molar-refractivity contribution in [3.05, 3.63) is 35.9 Å². The topological polar surface area (TPSA) is 60.2 Å². The Balaban J connectivity index is 2.30. The molecule has 0 spiro atoms. The molecule has 0 saturated heterocycles. The van der Waals surface area contributed by atoms with Gasteiger partial charge in [-0.25, -0.2) is 0 Å². The summed E-state index contributed by atoms with van der Waals surface area (Å²) in [4.78, 5) is 24.0.